The molecular formula is C26H24F2N6O2S. The van der Waals surface area contributed by atoms with Crippen molar-refractivity contribution in [2.45, 2.75) is 49.6 Å². The van der Waals surface area contributed by atoms with Crippen LogP contribution in [-0.4, -0.2) is 34.4 Å². The van der Waals surface area contributed by atoms with E-state index in [9.17, 15) is 22.5 Å². The molecule has 4 aromatic rings. The molecule has 0 bridgehead atoms. The molecule has 1 aliphatic rings. The number of nitriles is 1. The van der Waals surface area contributed by atoms with E-state index in [2.05, 4.69) is 15.3 Å². The quantitative estimate of drug-likeness (QED) is 0.396. The fraction of sp³-hybridized carbons (Fsp3) is 0.269. The lowest BCUT2D eigenvalue weighted by Gasteiger charge is -2.28. The third-order valence-corrected chi connectivity index (χ3v) is 8.23. The number of pyridine rings is 2. The van der Waals surface area contributed by atoms with Gasteiger partial charge in [0.05, 0.1) is 22.3 Å². The molecule has 3 N–H and O–H groups in total. The van der Waals surface area contributed by atoms with Crippen LogP contribution in [0.3, 0.4) is 0 Å². The van der Waals surface area contributed by atoms with Gasteiger partial charge in [0.2, 0.25) is 0 Å². The highest BCUT2D eigenvalue weighted by molar-refractivity contribution is 7.90. The molecule has 0 saturated heterocycles. The second kappa shape index (κ2) is 9.53. The van der Waals surface area contributed by atoms with Crippen LogP contribution in [0.1, 0.15) is 36.8 Å². The van der Waals surface area contributed by atoms with Crippen LogP contribution in [0, 0.1) is 29.9 Å². The standard InChI is InChI=1S/C26H24F2N6O2S/c1-15-5-7-20(8-6-15)37(35,36)34-14-22(21-10-17(27)13-31-26(21)34)24-16(12-29)9-23(28)25(33-24)32-19-4-2-3-18(30)11-19/h5-10,13-14,18-19H,2-4,11,30H2,1H3,(H,32,33)/t18-,19+/m1/s1. The summed E-state index contributed by atoms with van der Waals surface area (Å²) < 4.78 is 57.2. The smallest absolute Gasteiger partial charge is 0.269 e. The summed E-state index contributed by atoms with van der Waals surface area (Å²) in [5, 5.41) is 12.9. The number of halogens is 2. The fourth-order valence-electron chi connectivity index (χ4n) is 4.68. The number of nitrogens with two attached hydrogens (primary N) is 1. The lowest BCUT2D eigenvalue weighted by Crippen LogP contribution is -2.35. The minimum atomic E-state index is -4.13. The first-order valence-corrected chi connectivity index (χ1v) is 13.2. The number of nitrogens with one attached hydrogen (secondary N) is 1. The van der Waals surface area contributed by atoms with Gasteiger partial charge in [-0.15, -0.1) is 0 Å². The number of fused-ring (bicyclic) bond motifs is 1. The first-order chi connectivity index (χ1) is 17.7. The SMILES string of the molecule is Cc1ccc(S(=O)(=O)n2cc(-c3nc(N[C@H]4CCC[C@@H](N)C4)c(F)cc3C#N)c3cc(F)cnc32)cc1. The molecule has 1 aromatic carbocycles. The van der Waals surface area contributed by atoms with E-state index in [1.165, 1.54) is 18.3 Å². The summed E-state index contributed by atoms with van der Waals surface area (Å²) in [6, 6.07) is 10.2. The Bertz CT molecular complexity index is 1640. The molecule has 0 unspecified atom stereocenters. The van der Waals surface area contributed by atoms with Crippen molar-refractivity contribution in [3.8, 4) is 17.3 Å². The van der Waals surface area contributed by atoms with Gasteiger partial charge in [-0.25, -0.2) is 31.1 Å². The van der Waals surface area contributed by atoms with E-state index in [1.54, 1.807) is 12.1 Å². The van der Waals surface area contributed by atoms with Gasteiger partial charge in [0.1, 0.15) is 11.9 Å². The Balaban J connectivity index is 1.68. The number of aryl methyl sites for hydroxylation is 1. The highest BCUT2D eigenvalue weighted by atomic mass is 32.2. The third kappa shape index (κ3) is 4.65. The molecule has 0 spiro atoms. The molecule has 2 atom stereocenters. The molecule has 1 fully saturated rings. The Hall–Kier alpha value is -3.88. The van der Waals surface area contributed by atoms with Gasteiger partial charge in [0, 0.05) is 29.2 Å². The predicted molar refractivity (Wildman–Crippen MR) is 135 cm³/mol. The molecule has 37 heavy (non-hydrogen) atoms. The number of rotatable bonds is 5. The second-order valence-electron chi connectivity index (χ2n) is 9.28. The molecule has 5 rings (SSSR count). The van der Waals surface area contributed by atoms with Crippen LogP contribution in [0.2, 0.25) is 0 Å². The zero-order chi connectivity index (χ0) is 26.3. The van der Waals surface area contributed by atoms with Crippen molar-refractivity contribution in [2.75, 3.05) is 5.32 Å². The van der Waals surface area contributed by atoms with Gasteiger partial charge in [-0.1, -0.05) is 17.7 Å². The summed E-state index contributed by atoms with van der Waals surface area (Å²) in [7, 11) is -4.13. The van der Waals surface area contributed by atoms with Crippen LogP contribution in [0.15, 0.2) is 53.7 Å². The van der Waals surface area contributed by atoms with Crippen LogP contribution < -0.4 is 11.1 Å². The largest absolute Gasteiger partial charge is 0.365 e. The molecule has 3 aromatic heterocycles. The second-order valence-corrected chi connectivity index (χ2v) is 11.1. The van der Waals surface area contributed by atoms with E-state index in [-0.39, 0.29) is 50.7 Å². The molecular weight excluding hydrogens is 498 g/mol. The maximum Gasteiger partial charge on any atom is 0.269 e. The minimum absolute atomic E-state index is 0.00818. The summed E-state index contributed by atoms with van der Waals surface area (Å²) in [6.45, 7) is 1.83. The maximum absolute atomic E-state index is 14.9. The molecule has 190 valence electrons. The maximum atomic E-state index is 14.9. The summed E-state index contributed by atoms with van der Waals surface area (Å²) in [5.74, 6) is -1.51. The zero-order valence-corrected chi connectivity index (χ0v) is 20.8. The highest BCUT2D eigenvalue weighted by Crippen LogP contribution is 2.35. The molecule has 0 aliphatic heterocycles. The molecule has 1 aliphatic carbocycles. The van der Waals surface area contributed by atoms with E-state index >= 15 is 0 Å². The van der Waals surface area contributed by atoms with Gasteiger partial charge in [0.25, 0.3) is 10.0 Å². The Morgan fingerprint density at radius 3 is 2.65 bits per heavy atom. The van der Waals surface area contributed by atoms with Crippen LogP contribution >= 0.6 is 0 Å². The van der Waals surface area contributed by atoms with Crippen LogP contribution in [0.4, 0.5) is 14.6 Å². The summed E-state index contributed by atoms with van der Waals surface area (Å²) in [5.41, 5.74) is 6.92. The van der Waals surface area contributed by atoms with Gasteiger partial charge in [0.15, 0.2) is 17.3 Å². The van der Waals surface area contributed by atoms with E-state index in [0.29, 0.717) is 6.42 Å². The van der Waals surface area contributed by atoms with Crippen LogP contribution in [0.25, 0.3) is 22.3 Å². The minimum Gasteiger partial charge on any atom is -0.365 e. The van der Waals surface area contributed by atoms with E-state index in [1.807, 2.05) is 13.0 Å². The predicted octanol–water partition coefficient (Wildman–Crippen LogP) is 4.48. The van der Waals surface area contributed by atoms with E-state index in [4.69, 9.17) is 5.73 Å². The molecule has 1 saturated carbocycles. The number of benzene rings is 1. The summed E-state index contributed by atoms with van der Waals surface area (Å²) in [4.78, 5) is 8.42. The van der Waals surface area contributed by atoms with Gasteiger partial charge in [-0.2, -0.15) is 5.26 Å². The number of anilines is 1. The van der Waals surface area contributed by atoms with Gasteiger partial charge in [-0.3, -0.25) is 0 Å². The lowest BCUT2D eigenvalue weighted by molar-refractivity contribution is 0.407. The Labute approximate surface area is 212 Å². The highest BCUT2D eigenvalue weighted by Gasteiger charge is 2.27. The average molecular weight is 523 g/mol. The Morgan fingerprint density at radius 2 is 1.95 bits per heavy atom. The van der Waals surface area contributed by atoms with Crippen LogP contribution in [-0.2, 0) is 10.0 Å². The average Bonchev–Trinajstić information content (AvgIpc) is 3.24. The Morgan fingerprint density at radius 1 is 1.19 bits per heavy atom. The first kappa shape index (κ1) is 24.8. The topological polar surface area (TPSA) is 127 Å². The number of hydrogen-bond acceptors (Lipinski definition) is 7. The zero-order valence-electron chi connectivity index (χ0n) is 19.9. The molecule has 3 heterocycles. The molecule has 0 radical (unpaired) electrons. The van der Waals surface area contributed by atoms with Crippen LogP contribution in [0.5, 0.6) is 0 Å². The van der Waals surface area contributed by atoms with E-state index < -0.39 is 21.7 Å². The summed E-state index contributed by atoms with van der Waals surface area (Å²) in [6.07, 6.45) is 5.36. The van der Waals surface area contributed by atoms with Crippen molar-refractivity contribution in [1.82, 2.24) is 13.9 Å². The summed E-state index contributed by atoms with van der Waals surface area (Å²) >= 11 is 0. The van der Waals surface area contributed by atoms with Gasteiger partial charge >= 0.3 is 0 Å². The first-order valence-electron chi connectivity index (χ1n) is 11.8. The van der Waals surface area contributed by atoms with Crippen molar-refractivity contribution >= 4 is 26.9 Å². The fourth-order valence-corrected chi connectivity index (χ4v) is 6.01. The molecule has 8 nitrogen and oxygen atoms in total. The van der Waals surface area contributed by atoms with Crippen molar-refractivity contribution in [3.63, 3.8) is 0 Å². The Kier molecular flexibility index (Phi) is 6.39. The van der Waals surface area contributed by atoms with Crippen molar-refractivity contribution < 1.29 is 17.2 Å². The van der Waals surface area contributed by atoms with E-state index in [0.717, 1.165) is 47.1 Å². The molecule has 11 heteroatoms. The van der Waals surface area contributed by atoms with Gasteiger partial charge in [-0.05, 0) is 56.9 Å². The number of aromatic nitrogens is 3. The van der Waals surface area contributed by atoms with Crippen molar-refractivity contribution in [3.05, 3.63) is 71.6 Å². The normalized spacial score (nSPS) is 18.0. The number of hydrogen-bond donors (Lipinski definition) is 2. The monoisotopic (exact) mass is 522 g/mol. The third-order valence-electron chi connectivity index (χ3n) is 6.56. The van der Waals surface area contributed by atoms with Crippen molar-refractivity contribution in [1.29, 1.82) is 5.26 Å². The lowest BCUT2D eigenvalue weighted by atomic mass is 9.91. The van der Waals surface area contributed by atoms with Gasteiger partial charge < -0.3 is 11.1 Å². The molecule has 0 amide bonds. The number of nitrogens with zero attached hydrogens (tertiary/aromatic N) is 4. The van der Waals surface area contributed by atoms with Crippen molar-refractivity contribution in [2.24, 2.45) is 5.73 Å².